The van der Waals surface area contributed by atoms with Gasteiger partial charge in [0.05, 0.1) is 0 Å². The lowest BCUT2D eigenvalue weighted by atomic mass is 9.78. The van der Waals surface area contributed by atoms with E-state index in [4.69, 9.17) is 5.73 Å². The van der Waals surface area contributed by atoms with Crippen LogP contribution in [-0.2, 0) is 0 Å². The number of nitrogens with two attached hydrogens (primary N) is 1. The fourth-order valence-electron chi connectivity index (χ4n) is 4.12. The summed E-state index contributed by atoms with van der Waals surface area (Å²) in [5.41, 5.74) is 7.78. The molecule has 2 heteroatoms. The highest BCUT2D eigenvalue weighted by Crippen LogP contribution is 2.35. The van der Waals surface area contributed by atoms with Crippen LogP contribution < -0.4 is 5.73 Å². The third-order valence-electron chi connectivity index (χ3n) is 5.48. The number of hydrogen-bond donors (Lipinski definition) is 1. The van der Waals surface area contributed by atoms with E-state index in [9.17, 15) is 0 Å². The maximum Gasteiger partial charge on any atom is 0.00825 e. The first-order valence-corrected chi connectivity index (χ1v) is 8.27. The van der Waals surface area contributed by atoms with Gasteiger partial charge in [0, 0.05) is 19.1 Å². The van der Waals surface area contributed by atoms with Crippen molar-refractivity contribution in [3.05, 3.63) is 35.9 Å². The van der Waals surface area contributed by atoms with Gasteiger partial charge in [-0.2, -0.15) is 0 Å². The van der Waals surface area contributed by atoms with Gasteiger partial charge >= 0.3 is 0 Å². The molecule has 1 saturated carbocycles. The van der Waals surface area contributed by atoms with Crippen LogP contribution in [0.1, 0.15) is 44.1 Å². The van der Waals surface area contributed by atoms with Gasteiger partial charge in [-0.05, 0) is 49.1 Å². The summed E-state index contributed by atoms with van der Waals surface area (Å²) in [4.78, 5) is 2.67. The van der Waals surface area contributed by atoms with E-state index >= 15 is 0 Å². The van der Waals surface area contributed by atoms with Gasteiger partial charge in [0.2, 0.25) is 0 Å². The third kappa shape index (κ3) is 3.07. The van der Waals surface area contributed by atoms with E-state index in [-0.39, 0.29) is 0 Å². The quantitative estimate of drug-likeness (QED) is 0.911. The van der Waals surface area contributed by atoms with Crippen molar-refractivity contribution in [2.75, 3.05) is 19.6 Å². The zero-order chi connectivity index (χ0) is 13.9. The van der Waals surface area contributed by atoms with E-state index in [1.807, 2.05) is 0 Å². The Morgan fingerprint density at radius 1 is 1.20 bits per heavy atom. The van der Waals surface area contributed by atoms with E-state index in [1.165, 1.54) is 50.9 Å². The Morgan fingerprint density at radius 2 is 2.00 bits per heavy atom. The highest BCUT2D eigenvalue weighted by Gasteiger charge is 2.38. The summed E-state index contributed by atoms with van der Waals surface area (Å²) in [6, 6.07) is 11.4. The fraction of sp³-hybridized carbons (Fsp3) is 0.667. The molecule has 1 aliphatic heterocycles. The number of nitrogens with zero attached hydrogens (tertiary/aromatic N) is 1. The molecule has 2 aliphatic rings. The average molecular weight is 272 g/mol. The fourth-order valence-corrected chi connectivity index (χ4v) is 4.12. The first-order chi connectivity index (χ1) is 9.74. The SMILES string of the molecule is CC(CCN1CC2CCCC(N)C2C1)c1ccccc1. The highest BCUT2D eigenvalue weighted by molar-refractivity contribution is 5.18. The third-order valence-corrected chi connectivity index (χ3v) is 5.48. The van der Waals surface area contributed by atoms with Crippen LogP contribution in [0.25, 0.3) is 0 Å². The van der Waals surface area contributed by atoms with Gasteiger partial charge in [-0.3, -0.25) is 0 Å². The van der Waals surface area contributed by atoms with Gasteiger partial charge in [0.15, 0.2) is 0 Å². The summed E-state index contributed by atoms with van der Waals surface area (Å²) in [5, 5.41) is 0. The van der Waals surface area contributed by atoms with E-state index in [0.717, 1.165) is 11.8 Å². The van der Waals surface area contributed by atoms with Gasteiger partial charge in [-0.15, -0.1) is 0 Å². The Labute approximate surface area is 123 Å². The Morgan fingerprint density at radius 3 is 2.75 bits per heavy atom. The monoisotopic (exact) mass is 272 g/mol. The number of hydrogen-bond acceptors (Lipinski definition) is 2. The van der Waals surface area contributed by atoms with Crippen molar-refractivity contribution in [2.45, 2.75) is 44.6 Å². The summed E-state index contributed by atoms with van der Waals surface area (Å²) in [6.45, 7) is 6.12. The van der Waals surface area contributed by atoms with Crippen molar-refractivity contribution in [1.82, 2.24) is 4.90 Å². The smallest absolute Gasteiger partial charge is 0.00825 e. The van der Waals surface area contributed by atoms with Crippen molar-refractivity contribution in [1.29, 1.82) is 0 Å². The second-order valence-electron chi connectivity index (χ2n) is 6.88. The lowest BCUT2D eigenvalue weighted by molar-refractivity contribution is 0.259. The number of rotatable bonds is 4. The van der Waals surface area contributed by atoms with Crippen LogP contribution in [0.5, 0.6) is 0 Å². The second kappa shape index (κ2) is 6.28. The minimum atomic E-state index is 0.463. The molecule has 4 atom stereocenters. The standard InChI is InChI=1S/C18H28N2/c1-14(15-6-3-2-4-7-15)10-11-20-12-16-8-5-9-18(19)17(16)13-20/h2-4,6-7,14,16-18H,5,8-13,19H2,1H3. The molecule has 1 aromatic rings. The Hall–Kier alpha value is -0.860. The highest BCUT2D eigenvalue weighted by atomic mass is 15.2. The van der Waals surface area contributed by atoms with Crippen LogP contribution in [-0.4, -0.2) is 30.6 Å². The Bertz CT molecular complexity index is 417. The van der Waals surface area contributed by atoms with Crippen LogP contribution >= 0.6 is 0 Å². The molecule has 20 heavy (non-hydrogen) atoms. The number of benzene rings is 1. The maximum absolute atomic E-state index is 6.30. The molecule has 2 fully saturated rings. The molecule has 1 aliphatic carbocycles. The summed E-state index contributed by atoms with van der Waals surface area (Å²) < 4.78 is 0. The van der Waals surface area contributed by atoms with Gasteiger partial charge in [0.25, 0.3) is 0 Å². The molecular weight excluding hydrogens is 244 g/mol. The molecule has 3 rings (SSSR count). The summed E-state index contributed by atoms with van der Waals surface area (Å²) in [7, 11) is 0. The normalized spacial score (nSPS) is 32.0. The molecule has 0 amide bonds. The summed E-state index contributed by atoms with van der Waals surface area (Å²) >= 11 is 0. The minimum absolute atomic E-state index is 0.463. The molecule has 0 aromatic heterocycles. The molecule has 110 valence electrons. The number of fused-ring (bicyclic) bond motifs is 1. The summed E-state index contributed by atoms with van der Waals surface area (Å²) in [5.74, 6) is 2.31. The lowest BCUT2D eigenvalue weighted by Gasteiger charge is -2.29. The van der Waals surface area contributed by atoms with E-state index in [2.05, 4.69) is 42.2 Å². The number of likely N-dealkylation sites (tertiary alicyclic amines) is 1. The van der Waals surface area contributed by atoms with Gasteiger partial charge in [-0.25, -0.2) is 0 Å². The molecule has 0 spiro atoms. The minimum Gasteiger partial charge on any atom is -0.327 e. The zero-order valence-corrected chi connectivity index (χ0v) is 12.7. The maximum atomic E-state index is 6.30. The van der Waals surface area contributed by atoms with E-state index in [0.29, 0.717) is 12.0 Å². The van der Waals surface area contributed by atoms with Crippen molar-refractivity contribution >= 4 is 0 Å². The first kappa shape index (κ1) is 14.1. The van der Waals surface area contributed by atoms with Crippen molar-refractivity contribution in [2.24, 2.45) is 17.6 Å². The predicted octanol–water partition coefficient (Wildman–Crippen LogP) is 3.24. The van der Waals surface area contributed by atoms with Crippen LogP contribution in [0, 0.1) is 11.8 Å². The molecule has 4 unspecified atom stereocenters. The predicted molar refractivity (Wildman–Crippen MR) is 84.7 cm³/mol. The average Bonchev–Trinajstić information content (AvgIpc) is 2.90. The Balaban J connectivity index is 1.50. The van der Waals surface area contributed by atoms with Gasteiger partial charge < -0.3 is 10.6 Å². The van der Waals surface area contributed by atoms with Crippen molar-refractivity contribution in [3.8, 4) is 0 Å². The summed E-state index contributed by atoms with van der Waals surface area (Å²) in [6.07, 6.45) is 5.26. The molecule has 2 N–H and O–H groups in total. The molecule has 0 bridgehead atoms. The molecule has 1 heterocycles. The van der Waals surface area contributed by atoms with Gasteiger partial charge in [0.1, 0.15) is 0 Å². The molecule has 1 aromatic carbocycles. The van der Waals surface area contributed by atoms with Crippen LogP contribution in [0.2, 0.25) is 0 Å². The largest absolute Gasteiger partial charge is 0.327 e. The van der Waals surface area contributed by atoms with Crippen molar-refractivity contribution in [3.63, 3.8) is 0 Å². The molecule has 1 saturated heterocycles. The van der Waals surface area contributed by atoms with E-state index < -0.39 is 0 Å². The van der Waals surface area contributed by atoms with Crippen molar-refractivity contribution < 1.29 is 0 Å². The molecule has 0 radical (unpaired) electrons. The topological polar surface area (TPSA) is 29.3 Å². The van der Waals surface area contributed by atoms with Crippen LogP contribution in [0.4, 0.5) is 0 Å². The van der Waals surface area contributed by atoms with E-state index in [1.54, 1.807) is 0 Å². The first-order valence-electron chi connectivity index (χ1n) is 8.27. The van der Waals surface area contributed by atoms with Crippen LogP contribution in [0.15, 0.2) is 30.3 Å². The Kier molecular flexibility index (Phi) is 4.42. The van der Waals surface area contributed by atoms with Crippen LogP contribution in [0.3, 0.4) is 0 Å². The lowest BCUT2D eigenvalue weighted by Crippen LogP contribution is -2.38. The second-order valence-corrected chi connectivity index (χ2v) is 6.88. The van der Waals surface area contributed by atoms with Gasteiger partial charge in [-0.1, -0.05) is 43.7 Å². The molecule has 2 nitrogen and oxygen atoms in total. The zero-order valence-electron chi connectivity index (χ0n) is 12.7. The molecular formula is C18H28N2.